The Morgan fingerprint density at radius 2 is 1.76 bits per heavy atom. The smallest absolute Gasteiger partial charge is 0.246 e. The molecule has 118 valence electrons. The first-order valence-corrected chi connectivity index (χ1v) is 8.70. The molecule has 4 heteroatoms. The lowest BCUT2D eigenvalue weighted by Gasteiger charge is -2.44. The van der Waals surface area contributed by atoms with Crippen LogP contribution in [0, 0.1) is 11.8 Å². The molecule has 0 aromatic carbocycles. The fourth-order valence-corrected chi connectivity index (χ4v) is 4.43. The van der Waals surface area contributed by atoms with E-state index in [0.717, 1.165) is 38.3 Å². The molecule has 0 N–H and O–H groups in total. The van der Waals surface area contributed by atoms with Crippen LogP contribution < -0.4 is 0 Å². The molecular formula is C17H28N2O2. The summed E-state index contributed by atoms with van der Waals surface area (Å²) in [7, 11) is 0. The third kappa shape index (κ3) is 2.69. The van der Waals surface area contributed by atoms with Crippen molar-refractivity contribution in [1.29, 1.82) is 0 Å². The SMILES string of the molecule is CC(C)C1C(=O)N2CCCC2C(=O)N1CCC1CCCC1. The van der Waals surface area contributed by atoms with E-state index in [4.69, 9.17) is 0 Å². The average molecular weight is 292 g/mol. The molecule has 2 amide bonds. The van der Waals surface area contributed by atoms with E-state index < -0.39 is 0 Å². The van der Waals surface area contributed by atoms with Gasteiger partial charge in [0.1, 0.15) is 12.1 Å². The van der Waals surface area contributed by atoms with Gasteiger partial charge in [-0.1, -0.05) is 39.5 Å². The van der Waals surface area contributed by atoms with Crippen LogP contribution in [-0.4, -0.2) is 46.8 Å². The van der Waals surface area contributed by atoms with E-state index in [9.17, 15) is 9.59 Å². The molecular weight excluding hydrogens is 264 g/mol. The summed E-state index contributed by atoms with van der Waals surface area (Å²) in [6.45, 7) is 5.68. The summed E-state index contributed by atoms with van der Waals surface area (Å²) in [4.78, 5) is 29.3. The van der Waals surface area contributed by atoms with Crippen LogP contribution in [0.15, 0.2) is 0 Å². The fourth-order valence-electron chi connectivity index (χ4n) is 4.43. The Hall–Kier alpha value is -1.06. The molecule has 2 aliphatic heterocycles. The normalized spacial score (nSPS) is 30.6. The second kappa shape index (κ2) is 5.98. The van der Waals surface area contributed by atoms with Gasteiger partial charge in [-0.25, -0.2) is 0 Å². The third-order valence-electron chi connectivity index (χ3n) is 5.58. The molecule has 0 bridgehead atoms. The van der Waals surface area contributed by atoms with Crippen LogP contribution in [0.2, 0.25) is 0 Å². The maximum Gasteiger partial charge on any atom is 0.246 e. The molecule has 0 aromatic rings. The summed E-state index contributed by atoms with van der Waals surface area (Å²) in [5.41, 5.74) is 0. The van der Waals surface area contributed by atoms with Crippen molar-refractivity contribution in [3.63, 3.8) is 0 Å². The summed E-state index contributed by atoms with van der Waals surface area (Å²) in [5, 5.41) is 0. The zero-order valence-electron chi connectivity index (χ0n) is 13.4. The predicted molar refractivity (Wildman–Crippen MR) is 81.6 cm³/mol. The van der Waals surface area contributed by atoms with Crippen molar-refractivity contribution < 1.29 is 9.59 Å². The zero-order chi connectivity index (χ0) is 15.0. The minimum absolute atomic E-state index is 0.156. The highest BCUT2D eigenvalue weighted by Crippen LogP contribution is 2.32. The zero-order valence-corrected chi connectivity index (χ0v) is 13.4. The molecule has 2 heterocycles. The van der Waals surface area contributed by atoms with Gasteiger partial charge in [-0.15, -0.1) is 0 Å². The molecule has 4 nitrogen and oxygen atoms in total. The predicted octanol–water partition coefficient (Wildman–Crippen LogP) is 2.42. The quantitative estimate of drug-likeness (QED) is 0.798. The first-order valence-electron chi connectivity index (χ1n) is 8.70. The van der Waals surface area contributed by atoms with E-state index in [0.29, 0.717) is 0 Å². The van der Waals surface area contributed by atoms with Crippen LogP contribution in [0.1, 0.15) is 58.8 Å². The second-order valence-electron chi connectivity index (χ2n) is 7.35. The van der Waals surface area contributed by atoms with Gasteiger partial charge >= 0.3 is 0 Å². The van der Waals surface area contributed by atoms with Gasteiger partial charge in [-0.05, 0) is 31.1 Å². The molecule has 2 unspecified atom stereocenters. The van der Waals surface area contributed by atoms with Gasteiger partial charge in [-0.2, -0.15) is 0 Å². The Kier molecular flexibility index (Phi) is 4.23. The highest BCUT2D eigenvalue weighted by atomic mass is 16.2. The Balaban J connectivity index is 1.73. The minimum Gasteiger partial charge on any atom is -0.329 e. The van der Waals surface area contributed by atoms with Gasteiger partial charge in [0.25, 0.3) is 0 Å². The number of piperazine rings is 1. The first-order chi connectivity index (χ1) is 10.1. The minimum atomic E-state index is -0.228. The van der Waals surface area contributed by atoms with E-state index in [1.54, 1.807) is 0 Å². The van der Waals surface area contributed by atoms with Crippen LogP contribution in [0.4, 0.5) is 0 Å². The standard InChI is InChI=1S/C17H28N2O2/c1-12(2)15-17(21)18-10-5-8-14(18)16(20)19(15)11-9-13-6-3-4-7-13/h12-15H,3-11H2,1-2H3. The largest absolute Gasteiger partial charge is 0.329 e. The van der Waals surface area contributed by atoms with Crippen molar-refractivity contribution in [3.8, 4) is 0 Å². The Morgan fingerprint density at radius 1 is 1.05 bits per heavy atom. The van der Waals surface area contributed by atoms with Crippen molar-refractivity contribution in [2.75, 3.05) is 13.1 Å². The van der Waals surface area contributed by atoms with Gasteiger partial charge in [0.15, 0.2) is 0 Å². The Bertz CT molecular complexity index is 415. The summed E-state index contributed by atoms with van der Waals surface area (Å²) >= 11 is 0. The molecule has 1 saturated carbocycles. The van der Waals surface area contributed by atoms with Crippen LogP contribution >= 0.6 is 0 Å². The van der Waals surface area contributed by atoms with Crippen LogP contribution in [0.25, 0.3) is 0 Å². The van der Waals surface area contributed by atoms with Crippen LogP contribution in [-0.2, 0) is 9.59 Å². The number of amides is 2. The van der Waals surface area contributed by atoms with E-state index >= 15 is 0 Å². The summed E-state index contributed by atoms with van der Waals surface area (Å²) in [6, 6.07) is -0.385. The van der Waals surface area contributed by atoms with Crippen molar-refractivity contribution >= 4 is 11.8 Å². The molecule has 1 aliphatic carbocycles. The van der Waals surface area contributed by atoms with Gasteiger partial charge < -0.3 is 9.80 Å². The third-order valence-corrected chi connectivity index (χ3v) is 5.58. The van der Waals surface area contributed by atoms with E-state index in [-0.39, 0.29) is 29.8 Å². The lowest BCUT2D eigenvalue weighted by molar-refractivity contribution is -0.161. The lowest BCUT2D eigenvalue weighted by atomic mass is 9.94. The van der Waals surface area contributed by atoms with Crippen molar-refractivity contribution in [2.24, 2.45) is 11.8 Å². The van der Waals surface area contributed by atoms with Crippen LogP contribution in [0.3, 0.4) is 0 Å². The van der Waals surface area contributed by atoms with E-state index in [2.05, 4.69) is 13.8 Å². The molecule has 2 atom stereocenters. The lowest BCUT2D eigenvalue weighted by Crippen LogP contribution is -2.64. The summed E-state index contributed by atoms with van der Waals surface area (Å²) < 4.78 is 0. The number of fused-ring (bicyclic) bond motifs is 1. The van der Waals surface area contributed by atoms with Gasteiger partial charge in [0.05, 0.1) is 0 Å². The number of rotatable bonds is 4. The molecule has 3 rings (SSSR count). The maximum absolute atomic E-state index is 12.8. The molecule has 0 aromatic heterocycles. The summed E-state index contributed by atoms with van der Waals surface area (Å²) in [6.07, 6.45) is 8.19. The molecule has 21 heavy (non-hydrogen) atoms. The summed E-state index contributed by atoms with van der Waals surface area (Å²) in [5.74, 6) is 1.37. The molecule has 0 radical (unpaired) electrons. The average Bonchev–Trinajstić information content (AvgIpc) is 3.10. The topological polar surface area (TPSA) is 40.6 Å². The molecule has 0 spiro atoms. The highest BCUT2D eigenvalue weighted by Gasteiger charge is 2.48. The van der Waals surface area contributed by atoms with Gasteiger partial charge in [-0.3, -0.25) is 9.59 Å². The van der Waals surface area contributed by atoms with Crippen molar-refractivity contribution in [1.82, 2.24) is 9.80 Å². The van der Waals surface area contributed by atoms with Gasteiger partial charge in [0, 0.05) is 13.1 Å². The molecule has 3 aliphatic rings. The van der Waals surface area contributed by atoms with E-state index in [1.165, 1.54) is 25.7 Å². The molecule has 3 fully saturated rings. The fraction of sp³-hybridized carbons (Fsp3) is 0.882. The number of hydrogen-bond acceptors (Lipinski definition) is 2. The highest BCUT2D eigenvalue weighted by molar-refractivity contribution is 5.97. The first kappa shape index (κ1) is 14.9. The Labute approximate surface area is 127 Å². The molecule has 2 saturated heterocycles. The van der Waals surface area contributed by atoms with Gasteiger partial charge in [0.2, 0.25) is 11.8 Å². The van der Waals surface area contributed by atoms with Crippen molar-refractivity contribution in [2.45, 2.75) is 70.9 Å². The number of nitrogens with zero attached hydrogens (tertiary/aromatic N) is 2. The second-order valence-corrected chi connectivity index (χ2v) is 7.35. The number of hydrogen-bond donors (Lipinski definition) is 0. The van der Waals surface area contributed by atoms with E-state index in [1.807, 2.05) is 9.80 Å². The van der Waals surface area contributed by atoms with Crippen LogP contribution in [0.5, 0.6) is 0 Å². The number of carbonyl (C=O) groups excluding carboxylic acids is 2. The number of carbonyl (C=O) groups is 2. The van der Waals surface area contributed by atoms with Crippen molar-refractivity contribution in [3.05, 3.63) is 0 Å². The maximum atomic E-state index is 12.8. The monoisotopic (exact) mass is 292 g/mol. The Morgan fingerprint density at radius 3 is 2.43 bits per heavy atom.